The van der Waals surface area contributed by atoms with Crippen LogP contribution < -0.4 is 10.6 Å². The highest BCUT2D eigenvalue weighted by Crippen LogP contribution is 2.26. The van der Waals surface area contributed by atoms with Gasteiger partial charge in [-0.3, -0.25) is 14.5 Å². The van der Waals surface area contributed by atoms with Gasteiger partial charge in [0, 0.05) is 17.5 Å². The molecule has 1 aliphatic rings. The molecular formula is C30H39N5O3. The zero-order valence-electron chi connectivity index (χ0n) is 23.1. The Labute approximate surface area is 225 Å². The number of amides is 2. The van der Waals surface area contributed by atoms with Crippen LogP contribution in [0.3, 0.4) is 0 Å². The molecule has 1 saturated heterocycles. The van der Waals surface area contributed by atoms with Crippen LogP contribution >= 0.6 is 0 Å². The number of nitrogens with zero attached hydrogens (tertiary/aromatic N) is 3. The summed E-state index contributed by atoms with van der Waals surface area (Å²) < 4.78 is 5.52. The number of hydrogen-bond donors (Lipinski definition) is 2. The van der Waals surface area contributed by atoms with Crippen LogP contribution in [0.4, 0.5) is 5.69 Å². The molecule has 8 heteroatoms. The molecule has 2 N–H and O–H groups in total. The number of aromatic nitrogens is 2. The quantitative estimate of drug-likeness (QED) is 0.414. The molecule has 2 aromatic carbocycles. The number of hydrogen-bond acceptors (Lipinski definition) is 6. The van der Waals surface area contributed by atoms with Crippen LogP contribution in [0.15, 0.2) is 53.1 Å². The molecule has 202 valence electrons. The molecule has 2 heterocycles. The zero-order chi connectivity index (χ0) is 27.3. The van der Waals surface area contributed by atoms with E-state index >= 15 is 0 Å². The fourth-order valence-corrected chi connectivity index (χ4v) is 4.53. The number of piperidine rings is 1. The van der Waals surface area contributed by atoms with Crippen molar-refractivity contribution < 1.29 is 14.1 Å². The first-order valence-corrected chi connectivity index (χ1v) is 13.5. The van der Waals surface area contributed by atoms with E-state index in [9.17, 15) is 9.59 Å². The maximum absolute atomic E-state index is 13.0. The fourth-order valence-electron chi connectivity index (χ4n) is 4.53. The van der Waals surface area contributed by atoms with Crippen molar-refractivity contribution in [2.45, 2.75) is 71.9 Å². The first-order valence-electron chi connectivity index (χ1n) is 13.5. The van der Waals surface area contributed by atoms with Crippen LogP contribution in [-0.4, -0.2) is 46.0 Å². The Morgan fingerprint density at radius 2 is 1.76 bits per heavy atom. The molecule has 0 spiro atoms. The average Bonchev–Trinajstić information content (AvgIpc) is 3.37. The summed E-state index contributed by atoms with van der Waals surface area (Å²) >= 11 is 0. The lowest BCUT2D eigenvalue weighted by Crippen LogP contribution is -2.38. The normalized spacial score (nSPS) is 15.7. The third-order valence-corrected chi connectivity index (χ3v) is 7.21. The fraction of sp³-hybridized carbons (Fsp3) is 0.467. The second-order valence-corrected chi connectivity index (χ2v) is 11.2. The van der Waals surface area contributed by atoms with Crippen LogP contribution in [0.25, 0.3) is 11.4 Å². The van der Waals surface area contributed by atoms with E-state index in [-0.39, 0.29) is 29.2 Å². The number of anilines is 1. The SMILES string of the molecule is CCC(C)NC(=O)c1ccccc1NC(=O)C1CCN(Cc2nc(-c3ccc(C(C)(C)C)cc3)no2)CC1. The van der Waals surface area contributed by atoms with Gasteiger partial charge >= 0.3 is 0 Å². The third-order valence-electron chi connectivity index (χ3n) is 7.21. The Morgan fingerprint density at radius 1 is 1.08 bits per heavy atom. The Bertz CT molecular complexity index is 1240. The van der Waals surface area contributed by atoms with E-state index in [0.717, 1.165) is 37.9 Å². The van der Waals surface area contributed by atoms with Crippen molar-refractivity contribution in [3.63, 3.8) is 0 Å². The van der Waals surface area contributed by atoms with Gasteiger partial charge in [0.1, 0.15) is 0 Å². The molecule has 8 nitrogen and oxygen atoms in total. The summed E-state index contributed by atoms with van der Waals surface area (Å²) in [5, 5.41) is 10.1. The highest BCUT2D eigenvalue weighted by atomic mass is 16.5. The summed E-state index contributed by atoms with van der Waals surface area (Å²) in [6.07, 6.45) is 2.29. The predicted molar refractivity (Wildman–Crippen MR) is 149 cm³/mol. The molecule has 0 radical (unpaired) electrons. The van der Waals surface area contributed by atoms with E-state index in [1.807, 2.05) is 38.1 Å². The molecule has 0 bridgehead atoms. The smallest absolute Gasteiger partial charge is 0.253 e. The summed E-state index contributed by atoms with van der Waals surface area (Å²) in [5.41, 5.74) is 3.32. The number of benzene rings is 2. The minimum Gasteiger partial charge on any atom is -0.350 e. The summed E-state index contributed by atoms with van der Waals surface area (Å²) in [4.78, 5) is 32.5. The van der Waals surface area contributed by atoms with E-state index in [1.165, 1.54) is 5.56 Å². The van der Waals surface area contributed by atoms with Crippen LogP contribution in [0.1, 0.15) is 75.7 Å². The van der Waals surface area contributed by atoms with Crippen molar-refractivity contribution in [3.8, 4) is 11.4 Å². The minimum atomic E-state index is -0.172. The van der Waals surface area contributed by atoms with Crippen molar-refractivity contribution >= 4 is 17.5 Å². The number of carbonyl (C=O) groups is 2. The molecule has 2 amide bonds. The van der Waals surface area contributed by atoms with Gasteiger partial charge in [-0.05, 0) is 62.4 Å². The van der Waals surface area contributed by atoms with Gasteiger partial charge in [-0.15, -0.1) is 0 Å². The van der Waals surface area contributed by atoms with Crippen molar-refractivity contribution in [2.24, 2.45) is 5.92 Å². The van der Waals surface area contributed by atoms with E-state index < -0.39 is 0 Å². The summed E-state index contributed by atoms with van der Waals surface area (Å²) in [6.45, 7) is 12.6. The maximum Gasteiger partial charge on any atom is 0.253 e. The van der Waals surface area contributed by atoms with E-state index in [2.05, 4.69) is 58.6 Å². The summed E-state index contributed by atoms with van der Waals surface area (Å²) in [7, 11) is 0. The van der Waals surface area contributed by atoms with Crippen LogP contribution in [0.2, 0.25) is 0 Å². The molecule has 1 atom stereocenters. The first kappa shape index (κ1) is 27.5. The molecule has 38 heavy (non-hydrogen) atoms. The topological polar surface area (TPSA) is 100 Å². The predicted octanol–water partition coefficient (Wildman–Crippen LogP) is 5.41. The lowest BCUT2D eigenvalue weighted by Gasteiger charge is -2.30. The largest absolute Gasteiger partial charge is 0.350 e. The second-order valence-electron chi connectivity index (χ2n) is 11.2. The van der Waals surface area contributed by atoms with Gasteiger partial charge in [0.15, 0.2) is 0 Å². The van der Waals surface area contributed by atoms with Gasteiger partial charge in [-0.1, -0.05) is 69.2 Å². The van der Waals surface area contributed by atoms with Crippen molar-refractivity contribution in [3.05, 3.63) is 65.5 Å². The molecule has 4 rings (SSSR count). The standard InChI is InChI=1S/C30H39N5O3/c1-6-20(2)31-29(37)24-9-7-8-10-25(24)32-28(36)22-15-17-35(18-16-22)19-26-33-27(34-38-26)21-11-13-23(14-12-21)30(3,4)5/h7-14,20,22H,6,15-19H2,1-5H3,(H,31,37)(H,32,36). The minimum absolute atomic E-state index is 0.0489. The molecule has 0 saturated carbocycles. The number of carbonyl (C=O) groups excluding carboxylic acids is 2. The van der Waals surface area contributed by atoms with Crippen LogP contribution in [0, 0.1) is 5.92 Å². The first-order chi connectivity index (χ1) is 18.1. The summed E-state index contributed by atoms with van der Waals surface area (Å²) in [5.74, 6) is 0.827. The molecule has 1 fully saturated rings. The second kappa shape index (κ2) is 11.9. The molecule has 1 aliphatic heterocycles. The molecular weight excluding hydrogens is 478 g/mol. The maximum atomic E-state index is 13.0. The number of para-hydroxylation sites is 1. The Morgan fingerprint density at radius 3 is 2.42 bits per heavy atom. The highest BCUT2D eigenvalue weighted by molar-refractivity contribution is 6.04. The summed E-state index contributed by atoms with van der Waals surface area (Å²) in [6, 6.07) is 15.5. The van der Waals surface area contributed by atoms with Crippen molar-refractivity contribution in [1.82, 2.24) is 20.4 Å². The Kier molecular flexibility index (Phi) is 8.62. The van der Waals surface area contributed by atoms with Gasteiger partial charge in [0.25, 0.3) is 5.91 Å². The lowest BCUT2D eigenvalue weighted by molar-refractivity contribution is -0.121. The molecule has 3 aromatic rings. The van der Waals surface area contributed by atoms with E-state index in [0.29, 0.717) is 29.5 Å². The zero-order valence-corrected chi connectivity index (χ0v) is 23.1. The highest BCUT2D eigenvalue weighted by Gasteiger charge is 2.27. The Hall–Kier alpha value is -3.52. The third kappa shape index (κ3) is 6.86. The van der Waals surface area contributed by atoms with Crippen LogP contribution in [0.5, 0.6) is 0 Å². The monoisotopic (exact) mass is 517 g/mol. The van der Waals surface area contributed by atoms with Gasteiger partial charge in [0.05, 0.1) is 17.8 Å². The lowest BCUT2D eigenvalue weighted by atomic mass is 9.87. The number of likely N-dealkylation sites (tertiary alicyclic amines) is 1. The van der Waals surface area contributed by atoms with Crippen molar-refractivity contribution in [1.29, 1.82) is 0 Å². The average molecular weight is 518 g/mol. The molecule has 1 unspecified atom stereocenters. The van der Waals surface area contributed by atoms with Gasteiger partial charge < -0.3 is 15.2 Å². The Balaban J connectivity index is 1.30. The van der Waals surface area contributed by atoms with Gasteiger partial charge in [-0.2, -0.15) is 4.98 Å². The number of rotatable bonds is 8. The molecule has 0 aliphatic carbocycles. The number of nitrogens with one attached hydrogen (secondary N) is 2. The van der Waals surface area contributed by atoms with Crippen molar-refractivity contribution in [2.75, 3.05) is 18.4 Å². The van der Waals surface area contributed by atoms with E-state index in [1.54, 1.807) is 12.1 Å². The van der Waals surface area contributed by atoms with Gasteiger partial charge in [0.2, 0.25) is 17.6 Å². The van der Waals surface area contributed by atoms with E-state index in [4.69, 9.17) is 4.52 Å². The van der Waals surface area contributed by atoms with Crippen LogP contribution in [-0.2, 0) is 16.8 Å². The molecule has 1 aromatic heterocycles. The van der Waals surface area contributed by atoms with Gasteiger partial charge in [-0.25, -0.2) is 0 Å².